The van der Waals surface area contributed by atoms with Crippen LogP contribution in [0.15, 0.2) is 66.7 Å². The monoisotopic (exact) mass is 889 g/mol. The summed E-state index contributed by atoms with van der Waals surface area (Å²) in [6.07, 6.45) is -6.44. The van der Waals surface area contributed by atoms with Gasteiger partial charge in [-0.2, -0.15) is 0 Å². The molecule has 17 nitrogen and oxygen atoms in total. The highest BCUT2D eigenvalue weighted by atomic mass is 16.7. The van der Waals surface area contributed by atoms with E-state index in [-0.39, 0.29) is 52.9 Å². The Balaban J connectivity index is 0.919. The van der Waals surface area contributed by atoms with E-state index in [1.165, 1.54) is 39.2 Å². The number of nitrogens with one attached hydrogen (secondary N) is 2. The molecule has 2 amide bonds. The first-order valence-electron chi connectivity index (χ1n) is 21.6. The molecule has 0 bridgehead atoms. The number of rotatable bonds is 8. The van der Waals surface area contributed by atoms with Crippen molar-refractivity contribution in [2.75, 3.05) is 25.6 Å². The van der Waals surface area contributed by atoms with Gasteiger partial charge in [0.1, 0.15) is 29.2 Å². The molecular formula is C48H47N3O14. The van der Waals surface area contributed by atoms with Gasteiger partial charge in [-0.15, -0.1) is 0 Å². The first kappa shape index (κ1) is 42.9. The van der Waals surface area contributed by atoms with Crippen molar-refractivity contribution in [2.24, 2.45) is 0 Å². The maximum atomic E-state index is 14.7. The largest absolute Gasteiger partial charge is 0.507 e. The van der Waals surface area contributed by atoms with Crippen LogP contribution in [0.3, 0.4) is 0 Å². The molecule has 4 aromatic rings. The Morgan fingerprint density at radius 2 is 1.57 bits per heavy atom. The lowest BCUT2D eigenvalue weighted by Crippen LogP contribution is -2.55. The molecule has 3 heterocycles. The molecule has 0 saturated carbocycles. The van der Waals surface area contributed by atoms with Gasteiger partial charge >= 0.3 is 6.09 Å². The Morgan fingerprint density at radius 1 is 0.892 bits per heavy atom. The summed E-state index contributed by atoms with van der Waals surface area (Å²) in [6, 6.07) is 17.9. The van der Waals surface area contributed by atoms with Crippen LogP contribution in [-0.4, -0.2) is 119 Å². The van der Waals surface area contributed by atoms with Crippen molar-refractivity contribution in [3.05, 3.63) is 111 Å². The number of ether oxygens (including phenoxy) is 6. The number of carbonyl (C=O) groups is 5. The van der Waals surface area contributed by atoms with Gasteiger partial charge in [0.05, 0.1) is 41.2 Å². The zero-order chi connectivity index (χ0) is 45.6. The zero-order valence-electron chi connectivity index (χ0n) is 35.9. The highest BCUT2D eigenvalue weighted by molar-refractivity contribution is 6.32. The van der Waals surface area contributed by atoms with Crippen molar-refractivity contribution >= 4 is 35.0 Å². The van der Waals surface area contributed by atoms with E-state index in [9.17, 15) is 39.3 Å². The second-order valence-corrected chi connectivity index (χ2v) is 17.4. The van der Waals surface area contributed by atoms with Gasteiger partial charge in [0.2, 0.25) is 5.91 Å². The molecule has 3 aliphatic carbocycles. The second-order valence-electron chi connectivity index (χ2n) is 17.4. The lowest BCUT2D eigenvalue weighted by Gasteiger charge is -2.43. The number of amides is 2. The van der Waals surface area contributed by atoms with Gasteiger partial charge in [0.15, 0.2) is 42.3 Å². The fraction of sp³-hybridized carbons (Fsp3) is 0.396. The third-order valence-corrected chi connectivity index (χ3v) is 13.6. The fourth-order valence-electron chi connectivity index (χ4n) is 10.4. The van der Waals surface area contributed by atoms with Gasteiger partial charge in [-0.05, 0) is 38.0 Å². The van der Waals surface area contributed by atoms with Crippen LogP contribution in [0.4, 0.5) is 10.5 Å². The number of nitrogens with zero attached hydrogens (tertiary/aromatic N) is 1. The molecule has 3 fully saturated rings. The quantitative estimate of drug-likeness (QED) is 0.135. The van der Waals surface area contributed by atoms with Crippen molar-refractivity contribution in [1.82, 2.24) is 10.2 Å². The van der Waals surface area contributed by atoms with Crippen LogP contribution in [0.1, 0.15) is 99.9 Å². The number of phenolic OH excluding ortho intramolecular Hbond substituents is 2. The molecule has 10 rings (SSSR count). The van der Waals surface area contributed by atoms with E-state index in [1.54, 1.807) is 0 Å². The lowest BCUT2D eigenvalue weighted by atomic mass is 9.72. The molecule has 6 aliphatic rings. The maximum absolute atomic E-state index is 14.7. The van der Waals surface area contributed by atoms with E-state index in [2.05, 4.69) is 15.5 Å². The number of carbonyl (C=O) groups excluding carboxylic acids is 5. The Kier molecular flexibility index (Phi) is 10.6. The topological polar surface area (TPSA) is 229 Å². The number of morpholine rings is 1. The van der Waals surface area contributed by atoms with Crippen molar-refractivity contribution < 1.29 is 67.7 Å². The summed E-state index contributed by atoms with van der Waals surface area (Å²) in [5, 5.41) is 41.0. The standard InChI is InChI=1S/C48H47N3O14/c1-21(49-47(58)65-43-26-12-7-5-10-24(26)25-11-6-8-13-27(25)43)44(57)50-30-15-9-14-28-34(30)40(55)37-36(38(28)53)39(54)29-19-48(59,23(3)52)20-32(35(29)41(37)56)63-33-18-31-42(22(2)62-33)64-45-46(60-4)61-17-16-51(31)45/h5-15,21-22,31-33,42-43,45-46,54,56,59H,16-20H2,1-4H3,(H,49,58)(H,50,57)/t21-,22-,31-,32-,33?,42+,45+,46-,48-/m0/s1. The fourth-order valence-corrected chi connectivity index (χ4v) is 10.4. The Labute approximate surface area is 372 Å². The summed E-state index contributed by atoms with van der Waals surface area (Å²) in [5.74, 6) is -4.54. The molecule has 3 saturated heterocycles. The van der Waals surface area contributed by atoms with Crippen molar-refractivity contribution in [2.45, 2.75) is 101 Å². The van der Waals surface area contributed by atoms with Gasteiger partial charge in [-0.25, -0.2) is 4.79 Å². The molecule has 17 heteroatoms. The number of anilines is 1. The highest BCUT2D eigenvalue weighted by Crippen LogP contribution is 2.53. The third-order valence-electron chi connectivity index (χ3n) is 13.6. The van der Waals surface area contributed by atoms with Crippen molar-refractivity contribution in [3.63, 3.8) is 0 Å². The van der Waals surface area contributed by atoms with Crippen molar-refractivity contribution in [1.29, 1.82) is 0 Å². The second kappa shape index (κ2) is 16.1. The predicted octanol–water partition coefficient (Wildman–Crippen LogP) is 4.55. The molecule has 0 radical (unpaired) electrons. The molecular weight excluding hydrogens is 843 g/mol. The summed E-state index contributed by atoms with van der Waals surface area (Å²) in [7, 11) is 1.53. The van der Waals surface area contributed by atoms with Gasteiger partial charge in [0, 0.05) is 66.8 Å². The molecule has 338 valence electrons. The van der Waals surface area contributed by atoms with Crippen LogP contribution in [0.25, 0.3) is 11.1 Å². The number of aromatic hydroxyl groups is 2. The Morgan fingerprint density at radius 3 is 2.26 bits per heavy atom. The minimum absolute atomic E-state index is 0.0909. The maximum Gasteiger partial charge on any atom is 0.408 e. The number of fused-ring (bicyclic) bond motifs is 9. The molecule has 4 aromatic carbocycles. The summed E-state index contributed by atoms with van der Waals surface area (Å²) in [6.45, 7) is 5.39. The van der Waals surface area contributed by atoms with E-state index >= 15 is 0 Å². The number of aliphatic hydroxyl groups is 1. The van der Waals surface area contributed by atoms with E-state index in [1.807, 2.05) is 55.5 Å². The van der Waals surface area contributed by atoms with Gasteiger partial charge in [-0.1, -0.05) is 60.7 Å². The summed E-state index contributed by atoms with van der Waals surface area (Å²) < 4.78 is 36.3. The zero-order valence-corrected chi connectivity index (χ0v) is 35.9. The number of ketones is 3. The number of hydrogen-bond donors (Lipinski definition) is 5. The average molecular weight is 890 g/mol. The number of alkyl carbamates (subject to hydrolysis) is 1. The molecule has 9 atom stereocenters. The minimum atomic E-state index is -2.09. The molecule has 0 spiro atoms. The molecule has 3 aliphatic heterocycles. The van der Waals surface area contributed by atoms with Crippen LogP contribution < -0.4 is 10.6 Å². The van der Waals surface area contributed by atoms with Gasteiger partial charge < -0.3 is 54.4 Å². The highest BCUT2D eigenvalue weighted by Gasteiger charge is 2.55. The number of phenols is 2. The van der Waals surface area contributed by atoms with Gasteiger partial charge in [0.25, 0.3) is 0 Å². The molecule has 1 unspecified atom stereocenters. The summed E-state index contributed by atoms with van der Waals surface area (Å²) in [4.78, 5) is 71.1. The van der Waals surface area contributed by atoms with Crippen LogP contribution in [-0.2, 0) is 44.4 Å². The molecule has 0 aromatic heterocycles. The average Bonchev–Trinajstić information content (AvgIpc) is 3.82. The van der Waals surface area contributed by atoms with E-state index in [0.717, 1.165) is 22.3 Å². The minimum Gasteiger partial charge on any atom is -0.507 e. The number of Topliss-reactive ketones (excluding diaryl/α,β-unsaturated/α-hetero) is 1. The number of benzene rings is 4. The number of methoxy groups -OCH3 is 1. The number of hydrogen-bond acceptors (Lipinski definition) is 15. The van der Waals surface area contributed by atoms with Crippen LogP contribution in [0, 0.1) is 0 Å². The first-order chi connectivity index (χ1) is 31.2. The molecule has 5 N–H and O–H groups in total. The van der Waals surface area contributed by atoms with Gasteiger partial charge in [-0.3, -0.25) is 24.1 Å². The Hall–Kier alpha value is -6.05. The SMILES string of the molecule is CO[C@H]1OCCN2[C@@H]1O[C@@H]1[C@H](C)OC(O[C@H]3C[C@](O)(C(C)=O)Cc4c(O)c5c(c(O)c43)C(=O)c3c(NC(=O)[C@H](C)NC(=O)OC4c6ccccc6-c6ccccc64)cccc3C5=O)C[C@@H]12. The normalized spacial score (nSPS) is 28.1. The van der Waals surface area contributed by atoms with Crippen LogP contribution in [0.5, 0.6) is 11.5 Å². The van der Waals surface area contributed by atoms with E-state index in [0.29, 0.717) is 13.2 Å². The Bertz CT molecular complexity index is 2640. The van der Waals surface area contributed by atoms with Crippen molar-refractivity contribution in [3.8, 4) is 22.6 Å². The smallest absolute Gasteiger partial charge is 0.408 e. The summed E-state index contributed by atoms with van der Waals surface area (Å²) >= 11 is 0. The van der Waals surface area contributed by atoms with E-state index < -0.39 is 107 Å². The third kappa shape index (κ3) is 6.92. The van der Waals surface area contributed by atoms with Crippen LogP contribution in [0.2, 0.25) is 0 Å². The van der Waals surface area contributed by atoms with Crippen LogP contribution >= 0.6 is 0 Å². The summed E-state index contributed by atoms with van der Waals surface area (Å²) in [5.41, 5.74) is -0.473. The van der Waals surface area contributed by atoms with E-state index in [4.69, 9.17) is 28.4 Å². The lowest BCUT2D eigenvalue weighted by molar-refractivity contribution is -0.256. The first-order valence-corrected chi connectivity index (χ1v) is 21.6. The molecule has 65 heavy (non-hydrogen) atoms. The predicted molar refractivity (Wildman–Crippen MR) is 227 cm³/mol.